The molecule has 2 aliphatic carbocycles. The van der Waals surface area contributed by atoms with E-state index in [9.17, 15) is 14.4 Å². The molecule has 1 aromatic rings. The van der Waals surface area contributed by atoms with Crippen molar-refractivity contribution in [3.05, 3.63) is 29.8 Å². The predicted molar refractivity (Wildman–Crippen MR) is 97.7 cm³/mol. The summed E-state index contributed by atoms with van der Waals surface area (Å²) in [4.78, 5) is 37.5. The van der Waals surface area contributed by atoms with Gasteiger partial charge in [-0.15, -0.1) is 0 Å². The van der Waals surface area contributed by atoms with Crippen LogP contribution in [0, 0.1) is 16.2 Å². The second-order valence-corrected chi connectivity index (χ2v) is 8.56. The van der Waals surface area contributed by atoms with Crippen molar-refractivity contribution in [1.29, 1.82) is 0 Å². The Morgan fingerprint density at radius 1 is 1.20 bits per heavy atom. The van der Waals surface area contributed by atoms with E-state index < -0.39 is 27.0 Å². The third-order valence-electron chi connectivity index (χ3n) is 6.71. The van der Waals surface area contributed by atoms with Crippen LogP contribution in [-0.4, -0.2) is 29.6 Å². The van der Waals surface area contributed by atoms with Crippen LogP contribution < -0.4 is 5.32 Å². The molecule has 0 heterocycles. The lowest BCUT2D eigenvalue weighted by Crippen LogP contribution is -2.48. The molecule has 0 aromatic heterocycles. The Bertz CT molecular complexity index is 774. The minimum absolute atomic E-state index is 0.0835. The van der Waals surface area contributed by atoms with Gasteiger partial charge in [0.1, 0.15) is 0 Å². The van der Waals surface area contributed by atoms with Gasteiger partial charge in [-0.05, 0) is 30.4 Å². The molecule has 3 rings (SSSR count). The number of halogens is 1. The topological polar surface area (TPSA) is 72.5 Å². The number of anilines is 1. The lowest BCUT2D eigenvalue weighted by atomic mass is 9.64. The number of Topliss-reactive ketones (excluding diaryl/α,β-unsaturated/α-hetero) is 1. The number of methoxy groups -OCH3 is 1. The first-order valence-corrected chi connectivity index (χ1v) is 9.22. The second kappa shape index (κ2) is 5.66. The predicted octanol–water partition coefficient (Wildman–Crippen LogP) is 3.57. The molecular weight excluding hydrogens is 386 g/mol. The maximum atomic E-state index is 13.3. The first kappa shape index (κ1) is 18.1. The summed E-state index contributed by atoms with van der Waals surface area (Å²) in [5.41, 5.74) is -1.17. The van der Waals surface area contributed by atoms with Gasteiger partial charge in [0.15, 0.2) is 5.78 Å². The van der Waals surface area contributed by atoms with Gasteiger partial charge in [0, 0.05) is 5.41 Å². The second-order valence-electron chi connectivity index (χ2n) is 7.65. The Labute approximate surface area is 155 Å². The van der Waals surface area contributed by atoms with Crippen LogP contribution in [0.25, 0.3) is 0 Å². The number of amides is 1. The van der Waals surface area contributed by atoms with Crippen LogP contribution >= 0.6 is 15.9 Å². The lowest BCUT2D eigenvalue weighted by Gasteiger charge is -2.39. The van der Waals surface area contributed by atoms with Crippen LogP contribution in [0.2, 0.25) is 0 Å². The Kier molecular flexibility index (Phi) is 4.10. The van der Waals surface area contributed by atoms with Gasteiger partial charge in [0.2, 0.25) is 5.91 Å². The normalized spacial score (nSPS) is 32.5. The van der Waals surface area contributed by atoms with E-state index in [1.54, 1.807) is 24.3 Å². The van der Waals surface area contributed by atoms with E-state index in [2.05, 4.69) is 21.2 Å². The van der Waals surface area contributed by atoms with Gasteiger partial charge in [0.05, 0.1) is 28.6 Å². The maximum absolute atomic E-state index is 13.3. The zero-order valence-corrected chi connectivity index (χ0v) is 16.4. The molecule has 0 saturated heterocycles. The Morgan fingerprint density at radius 3 is 2.40 bits per heavy atom. The fourth-order valence-electron chi connectivity index (χ4n) is 4.57. The van der Waals surface area contributed by atoms with Gasteiger partial charge >= 0.3 is 5.97 Å². The molecule has 0 unspecified atom stereocenters. The fourth-order valence-corrected chi connectivity index (χ4v) is 6.08. The van der Waals surface area contributed by atoms with Gasteiger partial charge in [-0.2, -0.15) is 0 Å². The van der Waals surface area contributed by atoms with Crippen molar-refractivity contribution in [2.24, 2.45) is 16.2 Å². The largest absolute Gasteiger partial charge is 0.465 e. The molecule has 5 nitrogen and oxygen atoms in total. The number of ether oxygens (including phenoxy) is 1. The van der Waals surface area contributed by atoms with Crippen molar-refractivity contribution in [1.82, 2.24) is 0 Å². The summed E-state index contributed by atoms with van der Waals surface area (Å²) in [5.74, 6) is -0.660. The smallest absolute Gasteiger partial charge is 0.339 e. The minimum atomic E-state index is -0.845. The number of nitrogens with one attached hydrogen (secondary N) is 1. The number of para-hydroxylation sites is 1. The molecule has 0 aliphatic heterocycles. The zero-order valence-electron chi connectivity index (χ0n) is 14.8. The van der Waals surface area contributed by atoms with E-state index in [0.717, 1.165) is 0 Å². The van der Waals surface area contributed by atoms with Crippen molar-refractivity contribution in [2.75, 3.05) is 12.4 Å². The molecule has 1 aromatic carbocycles. The highest BCUT2D eigenvalue weighted by Crippen LogP contribution is 2.72. The minimum Gasteiger partial charge on any atom is -0.465 e. The lowest BCUT2D eigenvalue weighted by molar-refractivity contribution is -0.130. The standard InChI is InChI=1S/C19H22BrNO4/c1-17(2)18(3)9-10-19(17,13(20)14(18)22)16(24)21-12-8-6-5-7-11(12)15(23)25-4/h5-8,13H,9-10H2,1-4H3,(H,21,24)/t13-,18-,19+/m1/s1. The van der Waals surface area contributed by atoms with E-state index in [1.807, 2.05) is 20.8 Å². The highest BCUT2D eigenvalue weighted by atomic mass is 79.9. The number of rotatable bonds is 3. The number of benzene rings is 1. The third kappa shape index (κ3) is 2.09. The first-order valence-electron chi connectivity index (χ1n) is 8.30. The average Bonchev–Trinajstić information content (AvgIpc) is 2.86. The highest BCUT2D eigenvalue weighted by molar-refractivity contribution is 9.10. The van der Waals surface area contributed by atoms with E-state index in [4.69, 9.17) is 4.74 Å². The number of hydrogen-bond acceptors (Lipinski definition) is 4. The van der Waals surface area contributed by atoms with E-state index >= 15 is 0 Å². The van der Waals surface area contributed by atoms with E-state index in [0.29, 0.717) is 24.1 Å². The molecule has 0 spiro atoms. The van der Waals surface area contributed by atoms with E-state index in [-0.39, 0.29) is 11.7 Å². The van der Waals surface area contributed by atoms with Crippen molar-refractivity contribution in [2.45, 2.75) is 38.4 Å². The Morgan fingerprint density at radius 2 is 1.84 bits per heavy atom. The number of alkyl halides is 1. The average molecular weight is 408 g/mol. The number of ketones is 1. The molecule has 6 heteroatoms. The molecule has 2 fully saturated rings. The van der Waals surface area contributed by atoms with Crippen LogP contribution in [0.15, 0.2) is 24.3 Å². The van der Waals surface area contributed by atoms with Crippen LogP contribution in [0.1, 0.15) is 44.0 Å². The molecule has 2 saturated carbocycles. The van der Waals surface area contributed by atoms with Crippen LogP contribution in [-0.2, 0) is 14.3 Å². The van der Waals surface area contributed by atoms with Crippen molar-refractivity contribution >= 4 is 39.3 Å². The van der Waals surface area contributed by atoms with Crippen molar-refractivity contribution in [3.63, 3.8) is 0 Å². The zero-order chi connectivity index (χ0) is 18.6. The molecular formula is C19H22BrNO4. The number of carbonyl (C=O) groups is 3. The summed E-state index contributed by atoms with van der Waals surface area (Å²) in [6.07, 6.45) is 1.32. The maximum Gasteiger partial charge on any atom is 0.339 e. The molecule has 25 heavy (non-hydrogen) atoms. The van der Waals surface area contributed by atoms with Crippen molar-refractivity contribution in [3.8, 4) is 0 Å². The third-order valence-corrected chi connectivity index (χ3v) is 7.90. The molecule has 1 N–H and O–H groups in total. The summed E-state index contributed by atoms with van der Waals surface area (Å²) in [6, 6.07) is 6.73. The van der Waals surface area contributed by atoms with Crippen LogP contribution in [0.3, 0.4) is 0 Å². The summed E-state index contributed by atoms with van der Waals surface area (Å²) >= 11 is 3.50. The molecule has 134 valence electrons. The van der Waals surface area contributed by atoms with Gasteiger partial charge in [-0.25, -0.2) is 4.79 Å². The molecule has 3 atom stereocenters. The summed E-state index contributed by atoms with van der Waals surface area (Å²) < 4.78 is 4.79. The van der Waals surface area contributed by atoms with Crippen LogP contribution in [0.5, 0.6) is 0 Å². The Hall–Kier alpha value is -1.69. The summed E-state index contributed by atoms with van der Waals surface area (Å²) in [7, 11) is 1.30. The quantitative estimate of drug-likeness (QED) is 0.613. The van der Waals surface area contributed by atoms with Crippen molar-refractivity contribution < 1.29 is 19.1 Å². The van der Waals surface area contributed by atoms with Gasteiger partial charge in [-0.3, -0.25) is 9.59 Å². The summed E-state index contributed by atoms with van der Waals surface area (Å²) in [6.45, 7) is 5.93. The molecule has 0 radical (unpaired) electrons. The number of carbonyl (C=O) groups excluding carboxylic acids is 3. The monoisotopic (exact) mass is 407 g/mol. The van der Waals surface area contributed by atoms with Crippen LogP contribution in [0.4, 0.5) is 5.69 Å². The molecule has 2 aliphatic rings. The fraction of sp³-hybridized carbons (Fsp3) is 0.526. The highest BCUT2D eigenvalue weighted by Gasteiger charge is 2.76. The molecule has 2 bridgehead atoms. The molecule has 1 amide bonds. The first-order chi connectivity index (χ1) is 11.6. The number of hydrogen-bond donors (Lipinski definition) is 1. The van der Waals surface area contributed by atoms with Gasteiger partial charge in [-0.1, -0.05) is 48.8 Å². The summed E-state index contributed by atoms with van der Waals surface area (Å²) in [5, 5.41) is 2.89. The van der Waals surface area contributed by atoms with Gasteiger partial charge in [0.25, 0.3) is 0 Å². The SMILES string of the molecule is COC(=O)c1ccccc1NC(=O)[C@]12CC[C@](C)(C(=O)[C@H]1Br)C2(C)C. The van der Waals surface area contributed by atoms with E-state index in [1.165, 1.54) is 7.11 Å². The Balaban J connectivity index is 2.00. The van der Waals surface area contributed by atoms with Gasteiger partial charge < -0.3 is 10.1 Å². The number of fused-ring (bicyclic) bond motifs is 2. The number of esters is 1.